The van der Waals surface area contributed by atoms with Crippen molar-refractivity contribution in [1.82, 2.24) is 0 Å². The number of carbonyl (C=O) groups is 3. The average molecular weight is 433 g/mol. The Kier molecular flexibility index (Phi) is 4.89. The second kappa shape index (κ2) is 6.80. The SMILES string of the molecule is C=C(N)C1=C(C(=C)O)C(O)=C2C(=O)[C@]3(O)C(O)=C(C(N)=O)C(=O)[C@@H](N)[C@@H]3C[C@]2(CO)C1. The van der Waals surface area contributed by atoms with E-state index in [1.165, 1.54) is 0 Å². The zero-order valence-electron chi connectivity index (χ0n) is 16.4. The monoisotopic (exact) mass is 433 g/mol. The van der Waals surface area contributed by atoms with E-state index in [1.54, 1.807) is 0 Å². The Hall–Kier alpha value is -3.41. The molecule has 0 bridgehead atoms. The number of aliphatic hydroxyl groups is 5. The zero-order valence-corrected chi connectivity index (χ0v) is 16.4. The first-order valence-corrected chi connectivity index (χ1v) is 9.17. The molecule has 3 rings (SSSR count). The van der Waals surface area contributed by atoms with Crippen molar-refractivity contribution in [2.24, 2.45) is 28.5 Å². The molecule has 3 aliphatic rings. The van der Waals surface area contributed by atoms with E-state index in [0.29, 0.717) is 0 Å². The third-order valence-corrected chi connectivity index (χ3v) is 6.35. The van der Waals surface area contributed by atoms with Gasteiger partial charge in [0.15, 0.2) is 11.4 Å². The van der Waals surface area contributed by atoms with Crippen LogP contribution < -0.4 is 17.2 Å². The molecular formula is C20H23N3O8. The van der Waals surface area contributed by atoms with Crippen LogP contribution in [0.1, 0.15) is 12.8 Å². The third-order valence-electron chi connectivity index (χ3n) is 6.35. The van der Waals surface area contributed by atoms with E-state index in [2.05, 4.69) is 13.2 Å². The van der Waals surface area contributed by atoms with Gasteiger partial charge in [0.05, 0.1) is 23.8 Å². The number of nitrogens with two attached hydrogens (primary N) is 3. The molecule has 1 saturated carbocycles. The summed E-state index contributed by atoms with van der Waals surface area (Å²) >= 11 is 0. The van der Waals surface area contributed by atoms with Crippen molar-refractivity contribution in [3.05, 3.63) is 58.4 Å². The molecule has 0 aromatic carbocycles. The van der Waals surface area contributed by atoms with Crippen molar-refractivity contribution in [3.8, 4) is 0 Å². The van der Waals surface area contributed by atoms with Crippen LogP contribution in [0.15, 0.2) is 58.4 Å². The summed E-state index contributed by atoms with van der Waals surface area (Å²) in [6.45, 7) is 6.15. The number of amides is 1. The minimum Gasteiger partial charge on any atom is -0.508 e. The van der Waals surface area contributed by atoms with Crippen LogP contribution >= 0.6 is 0 Å². The maximum atomic E-state index is 13.5. The molecule has 0 aromatic heterocycles. The fraction of sp³-hybridized carbons (Fsp3) is 0.350. The molecule has 0 aromatic rings. The number of fused-ring (bicyclic) bond motifs is 2. The number of carbonyl (C=O) groups excluding carboxylic acids is 3. The highest BCUT2D eigenvalue weighted by molar-refractivity contribution is 6.24. The molecule has 11 N–H and O–H groups in total. The second-order valence-corrected chi connectivity index (χ2v) is 8.05. The molecule has 11 nitrogen and oxygen atoms in total. The van der Waals surface area contributed by atoms with Crippen molar-refractivity contribution in [2.45, 2.75) is 24.5 Å². The minimum absolute atomic E-state index is 0.0836. The molecule has 1 fully saturated rings. The molecule has 166 valence electrons. The van der Waals surface area contributed by atoms with E-state index in [0.717, 1.165) is 0 Å². The number of hydrogen-bond acceptors (Lipinski definition) is 10. The van der Waals surface area contributed by atoms with Gasteiger partial charge in [-0.15, -0.1) is 0 Å². The Morgan fingerprint density at radius 1 is 1.16 bits per heavy atom. The second-order valence-electron chi connectivity index (χ2n) is 8.05. The predicted molar refractivity (Wildman–Crippen MR) is 106 cm³/mol. The van der Waals surface area contributed by atoms with Gasteiger partial charge in [-0.3, -0.25) is 14.4 Å². The van der Waals surface area contributed by atoms with Gasteiger partial charge >= 0.3 is 0 Å². The summed E-state index contributed by atoms with van der Waals surface area (Å²) in [5, 5.41) is 52.9. The molecule has 0 radical (unpaired) electrons. The Balaban J connectivity index is 2.39. The number of rotatable bonds is 4. The maximum Gasteiger partial charge on any atom is 0.255 e. The summed E-state index contributed by atoms with van der Waals surface area (Å²) in [6, 6.07) is -1.62. The number of Topliss-reactive ketones (excluding diaryl/α,β-unsaturated/α-hetero) is 2. The first-order valence-electron chi connectivity index (χ1n) is 9.17. The molecule has 0 unspecified atom stereocenters. The molecule has 4 atom stereocenters. The number of ketones is 2. The summed E-state index contributed by atoms with van der Waals surface area (Å²) in [5.74, 6) is -8.03. The van der Waals surface area contributed by atoms with Gasteiger partial charge < -0.3 is 42.7 Å². The molecule has 0 heterocycles. The first-order chi connectivity index (χ1) is 14.3. The van der Waals surface area contributed by atoms with Crippen molar-refractivity contribution in [2.75, 3.05) is 6.61 Å². The molecule has 0 aliphatic heterocycles. The van der Waals surface area contributed by atoms with Crippen molar-refractivity contribution in [1.29, 1.82) is 0 Å². The van der Waals surface area contributed by atoms with Crippen LogP contribution in [-0.4, -0.2) is 61.3 Å². The molecular weight excluding hydrogens is 410 g/mol. The summed E-state index contributed by atoms with van der Waals surface area (Å²) in [7, 11) is 0. The summed E-state index contributed by atoms with van der Waals surface area (Å²) in [5.41, 5.74) is 10.5. The third kappa shape index (κ3) is 2.67. The van der Waals surface area contributed by atoms with E-state index >= 15 is 0 Å². The van der Waals surface area contributed by atoms with Crippen LogP contribution in [0.5, 0.6) is 0 Å². The molecule has 0 saturated heterocycles. The Bertz CT molecular complexity index is 1070. The summed E-state index contributed by atoms with van der Waals surface area (Å²) in [4.78, 5) is 37.7. The number of allylic oxidation sites excluding steroid dienone is 1. The highest BCUT2D eigenvalue weighted by Gasteiger charge is 2.66. The molecule has 11 heteroatoms. The largest absolute Gasteiger partial charge is 0.508 e. The summed E-state index contributed by atoms with van der Waals surface area (Å²) < 4.78 is 0. The van der Waals surface area contributed by atoms with E-state index in [9.17, 15) is 39.9 Å². The normalized spacial score (nSPS) is 33.3. The molecule has 0 spiro atoms. The molecule has 3 aliphatic carbocycles. The van der Waals surface area contributed by atoms with Crippen molar-refractivity contribution in [3.63, 3.8) is 0 Å². The molecule has 1 amide bonds. The Morgan fingerprint density at radius 2 is 1.74 bits per heavy atom. The van der Waals surface area contributed by atoms with Gasteiger partial charge in [-0.2, -0.15) is 0 Å². The maximum absolute atomic E-state index is 13.5. The van der Waals surface area contributed by atoms with E-state index in [-0.39, 0.29) is 29.7 Å². The highest BCUT2D eigenvalue weighted by Crippen LogP contribution is 2.57. The van der Waals surface area contributed by atoms with Crippen LogP contribution in [0.2, 0.25) is 0 Å². The van der Waals surface area contributed by atoms with Gasteiger partial charge in [0.25, 0.3) is 5.91 Å². The smallest absolute Gasteiger partial charge is 0.255 e. The van der Waals surface area contributed by atoms with Gasteiger partial charge in [0.1, 0.15) is 22.9 Å². The van der Waals surface area contributed by atoms with E-state index < -0.39 is 75.5 Å². The van der Waals surface area contributed by atoms with Crippen LogP contribution in [0.4, 0.5) is 0 Å². The first kappa shape index (κ1) is 22.3. The lowest BCUT2D eigenvalue weighted by molar-refractivity contribution is -0.154. The fourth-order valence-corrected chi connectivity index (χ4v) is 4.83. The van der Waals surface area contributed by atoms with Crippen LogP contribution in [0.3, 0.4) is 0 Å². The van der Waals surface area contributed by atoms with Gasteiger partial charge in [-0.25, -0.2) is 0 Å². The van der Waals surface area contributed by atoms with Gasteiger partial charge in [0.2, 0.25) is 5.78 Å². The predicted octanol–water partition coefficient (Wildman–Crippen LogP) is -1.45. The lowest BCUT2D eigenvalue weighted by Crippen LogP contribution is -2.67. The standard InChI is InChI=1S/C20H23N3O8/c1-6(21)8-3-19(5-24)4-9-13(22)15(27)11(18(23)30)16(28)20(9,31)17(29)12(19)14(26)10(8)7(2)25/h9,13,24-26,28,31H,1-5,21-22H2,(H2,23,30)/t9-,13-,19-,20+/m0/s1. The average Bonchev–Trinajstić information content (AvgIpc) is 2.67. The van der Waals surface area contributed by atoms with Crippen LogP contribution in [-0.2, 0) is 14.4 Å². The number of primary amides is 1. The van der Waals surface area contributed by atoms with E-state index in [1.807, 2.05) is 0 Å². The Morgan fingerprint density at radius 3 is 2.19 bits per heavy atom. The molecule has 31 heavy (non-hydrogen) atoms. The van der Waals surface area contributed by atoms with Gasteiger partial charge in [-0.05, 0) is 18.4 Å². The summed E-state index contributed by atoms with van der Waals surface area (Å²) in [6.07, 6.45) is -0.588. The highest BCUT2D eigenvalue weighted by atomic mass is 16.3. The van der Waals surface area contributed by atoms with Crippen molar-refractivity contribution >= 4 is 17.5 Å². The van der Waals surface area contributed by atoms with Crippen LogP contribution in [0, 0.1) is 11.3 Å². The topological polar surface area (TPSA) is 230 Å². The number of hydrogen-bond donors (Lipinski definition) is 8. The van der Waals surface area contributed by atoms with Gasteiger partial charge in [-0.1, -0.05) is 13.2 Å². The lowest BCUT2D eigenvalue weighted by atomic mass is 9.52. The number of aliphatic hydroxyl groups excluding tert-OH is 4. The van der Waals surface area contributed by atoms with E-state index in [4.69, 9.17) is 17.2 Å². The van der Waals surface area contributed by atoms with Crippen LogP contribution in [0.25, 0.3) is 0 Å². The Labute approximate surface area is 176 Å². The zero-order chi connectivity index (χ0) is 23.6. The quantitative estimate of drug-likeness (QED) is 0.190. The minimum atomic E-state index is -2.88. The van der Waals surface area contributed by atoms with Gasteiger partial charge in [0, 0.05) is 17.0 Å². The fourth-order valence-electron chi connectivity index (χ4n) is 4.83. The van der Waals surface area contributed by atoms with Crippen molar-refractivity contribution < 1.29 is 39.9 Å². The lowest BCUT2D eigenvalue weighted by Gasteiger charge is -2.53.